The molecule has 0 aliphatic carbocycles. The maximum atomic E-state index is 5.78. The number of benzene rings is 1. The van der Waals surface area contributed by atoms with E-state index in [2.05, 4.69) is 38.1 Å². The number of rotatable bonds is 16. The highest BCUT2D eigenvalue weighted by atomic mass is 16.6. The Balaban J connectivity index is 1.40. The van der Waals surface area contributed by atoms with Crippen LogP contribution in [0.3, 0.4) is 0 Å². The molecule has 1 aromatic carbocycles. The summed E-state index contributed by atoms with van der Waals surface area (Å²) in [6.07, 6.45) is 18.1. The fourth-order valence-corrected chi connectivity index (χ4v) is 3.36. The average Bonchev–Trinajstić information content (AvgIpc) is 3.40. The summed E-state index contributed by atoms with van der Waals surface area (Å²) < 4.78 is 11.1. The minimum Gasteiger partial charge on any atom is -0.491 e. The van der Waals surface area contributed by atoms with Gasteiger partial charge >= 0.3 is 0 Å². The van der Waals surface area contributed by atoms with E-state index in [4.69, 9.17) is 9.47 Å². The zero-order valence-corrected chi connectivity index (χ0v) is 17.2. The van der Waals surface area contributed by atoms with Gasteiger partial charge in [-0.2, -0.15) is 0 Å². The highest BCUT2D eigenvalue weighted by molar-refractivity contribution is 5.27. The molecule has 26 heavy (non-hydrogen) atoms. The normalized spacial score (nSPS) is 18.8. The highest BCUT2D eigenvalue weighted by Gasteiger charge is 2.40. The van der Waals surface area contributed by atoms with Gasteiger partial charge in [0.15, 0.2) is 0 Å². The Labute approximate surface area is 161 Å². The van der Waals surface area contributed by atoms with Crippen molar-refractivity contribution >= 4 is 0 Å². The van der Waals surface area contributed by atoms with Crippen molar-refractivity contribution in [3.63, 3.8) is 0 Å². The second kappa shape index (κ2) is 12.4. The molecule has 1 fully saturated rings. The molecule has 2 nitrogen and oxygen atoms in total. The molecule has 1 aliphatic rings. The first-order valence-corrected chi connectivity index (χ1v) is 11.1. The first-order valence-electron chi connectivity index (χ1n) is 11.1. The van der Waals surface area contributed by atoms with E-state index in [1.807, 2.05) is 0 Å². The molecule has 2 heteroatoms. The topological polar surface area (TPSA) is 21.8 Å². The third kappa shape index (κ3) is 9.62. The summed E-state index contributed by atoms with van der Waals surface area (Å²) in [7, 11) is 0. The van der Waals surface area contributed by atoms with Crippen LogP contribution in [0.15, 0.2) is 24.3 Å². The summed E-state index contributed by atoms with van der Waals surface area (Å²) in [5, 5.41) is 0. The van der Waals surface area contributed by atoms with Crippen LogP contribution in [0.4, 0.5) is 0 Å². The van der Waals surface area contributed by atoms with Crippen LogP contribution in [-0.4, -0.2) is 18.8 Å². The van der Waals surface area contributed by atoms with Crippen LogP contribution in [0, 0.1) is 0 Å². The van der Waals surface area contributed by atoms with Crippen molar-refractivity contribution < 1.29 is 9.47 Å². The van der Waals surface area contributed by atoms with Crippen molar-refractivity contribution in [2.24, 2.45) is 0 Å². The van der Waals surface area contributed by atoms with Crippen molar-refractivity contribution in [2.75, 3.05) is 13.2 Å². The zero-order valence-electron chi connectivity index (χ0n) is 17.2. The van der Waals surface area contributed by atoms with Gasteiger partial charge in [-0.05, 0) is 37.5 Å². The molecule has 1 unspecified atom stereocenters. The Morgan fingerprint density at radius 1 is 0.808 bits per heavy atom. The summed E-state index contributed by atoms with van der Waals surface area (Å²) in [6.45, 7) is 5.86. The smallest absolute Gasteiger partial charge is 0.123 e. The molecule has 0 aromatic heterocycles. The largest absolute Gasteiger partial charge is 0.491 e. The van der Waals surface area contributed by atoms with E-state index in [0.29, 0.717) is 6.61 Å². The van der Waals surface area contributed by atoms with Gasteiger partial charge in [-0.25, -0.2) is 0 Å². The molecule has 1 saturated heterocycles. The molecule has 0 amide bonds. The monoisotopic (exact) mass is 360 g/mol. The van der Waals surface area contributed by atoms with Crippen molar-refractivity contribution in [3.05, 3.63) is 29.8 Å². The summed E-state index contributed by atoms with van der Waals surface area (Å²) in [6, 6.07) is 8.62. The first kappa shape index (κ1) is 21.3. The molecule has 148 valence electrons. The predicted octanol–water partition coefficient (Wildman–Crippen LogP) is 7.10. The predicted molar refractivity (Wildman–Crippen MR) is 111 cm³/mol. The molecule has 1 atom stereocenters. The lowest BCUT2D eigenvalue weighted by atomic mass is 10.0. The van der Waals surface area contributed by atoms with Gasteiger partial charge in [-0.3, -0.25) is 0 Å². The van der Waals surface area contributed by atoms with E-state index in [1.165, 1.54) is 89.0 Å². The molecule has 1 aromatic rings. The van der Waals surface area contributed by atoms with Gasteiger partial charge in [0.05, 0.1) is 6.61 Å². The van der Waals surface area contributed by atoms with Crippen LogP contribution in [-0.2, 0) is 11.2 Å². The summed E-state index contributed by atoms with van der Waals surface area (Å²) >= 11 is 0. The van der Waals surface area contributed by atoms with Crippen LogP contribution in [0.2, 0.25) is 0 Å². The first-order chi connectivity index (χ1) is 12.7. The number of hydrogen-bond donors (Lipinski definition) is 0. The van der Waals surface area contributed by atoms with Gasteiger partial charge in [0.25, 0.3) is 0 Å². The van der Waals surface area contributed by atoms with Crippen LogP contribution < -0.4 is 4.74 Å². The minimum atomic E-state index is -0.0340. The Morgan fingerprint density at radius 3 is 1.81 bits per heavy atom. The second-order valence-electron chi connectivity index (χ2n) is 8.31. The third-order valence-corrected chi connectivity index (χ3v) is 5.42. The summed E-state index contributed by atoms with van der Waals surface area (Å²) in [5.41, 5.74) is 1.39. The lowest BCUT2D eigenvalue weighted by Gasteiger charge is -2.09. The van der Waals surface area contributed by atoms with E-state index in [-0.39, 0.29) is 5.60 Å². The van der Waals surface area contributed by atoms with Gasteiger partial charge in [0.2, 0.25) is 0 Å². The quantitative estimate of drug-likeness (QED) is 0.232. The van der Waals surface area contributed by atoms with Crippen molar-refractivity contribution in [1.29, 1.82) is 0 Å². The maximum absolute atomic E-state index is 5.78. The van der Waals surface area contributed by atoms with Gasteiger partial charge in [-0.1, -0.05) is 89.7 Å². The van der Waals surface area contributed by atoms with E-state index < -0.39 is 0 Å². The van der Waals surface area contributed by atoms with Crippen molar-refractivity contribution in [1.82, 2.24) is 0 Å². The molecular formula is C24H40O2. The van der Waals surface area contributed by atoms with Crippen molar-refractivity contribution in [2.45, 2.75) is 103 Å². The minimum absolute atomic E-state index is 0.0340. The second-order valence-corrected chi connectivity index (χ2v) is 8.31. The SMILES string of the molecule is CCCCCCCCCCCCCCc1ccc(OCC2(C)CO2)cc1. The number of ether oxygens (including phenoxy) is 2. The van der Waals surface area contributed by atoms with E-state index >= 15 is 0 Å². The number of hydrogen-bond acceptors (Lipinski definition) is 2. The molecule has 0 N–H and O–H groups in total. The Morgan fingerprint density at radius 2 is 1.31 bits per heavy atom. The maximum Gasteiger partial charge on any atom is 0.123 e. The molecule has 0 spiro atoms. The van der Waals surface area contributed by atoms with Crippen LogP contribution in [0.25, 0.3) is 0 Å². The van der Waals surface area contributed by atoms with Crippen molar-refractivity contribution in [3.8, 4) is 5.75 Å². The summed E-state index contributed by atoms with van der Waals surface area (Å²) in [5.74, 6) is 0.958. The number of epoxide rings is 1. The lowest BCUT2D eigenvalue weighted by Crippen LogP contribution is -2.16. The molecule has 1 heterocycles. The fraction of sp³-hybridized carbons (Fsp3) is 0.750. The zero-order chi connectivity index (χ0) is 18.5. The van der Waals surface area contributed by atoms with Gasteiger partial charge in [0.1, 0.15) is 18.0 Å². The van der Waals surface area contributed by atoms with E-state index in [0.717, 1.165) is 12.4 Å². The number of aryl methyl sites for hydroxylation is 1. The van der Waals surface area contributed by atoms with E-state index in [1.54, 1.807) is 0 Å². The van der Waals surface area contributed by atoms with E-state index in [9.17, 15) is 0 Å². The molecule has 0 radical (unpaired) electrons. The van der Waals surface area contributed by atoms with Crippen LogP contribution in [0.1, 0.15) is 96.5 Å². The molecule has 1 aliphatic heterocycles. The fourth-order valence-electron chi connectivity index (χ4n) is 3.36. The lowest BCUT2D eigenvalue weighted by molar-refractivity contribution is 0.202. The van der Waals surface area contributed by atoms with Gasteiger partial charge in [0, 0.05) is 0 Å². The van der Waals surface area contributed by atoms with Gasteiger partial charge < -0.3 is 9.47 Å². The molecule has 2 rings (SSSR count). The molecule has 0 bridgehead atoms. The Bertz CT molecular complexity index is 462. The number of unbranched alkanes of at least 4 members (excludes halogenated alkanes) is 11. The third-order valence-electron chi connectivity index (χ3n) is 5.42. The standard InChI is InChI=1S/C24H40O2/c1-3-4-5-6-7-8-9-10-11-12-13-14-15-22-16-18-23(19-17-22)25-20-24(2)21-26-24/h16-19H,3-15,20-21H2,1-2H3. The van der Waals surface area contributed by atoms with Crippen LogP contribution in [0.5, 0.6) is 5.75 Å². The van der Waals surface area contributed by atoms with Crippen LogP contribution >= 0.6 is 0 Å². The molecular weight excluding hydrogens is 320 g/mol. The Hall–Kier alpha value is -1.02. The highest BCUT2D eigenvalue weighted by Crippen LogP contribution is 2.27. The summed E-state index contributed by atoms with van der Waals surface area (Å²) in [4.78, 5) is 0. The van der Waals surface area contributed by atoms with Gasteiger partial charge in [-0.15, -0.1) is 0 Å². The molecule has 0 saturated carbocycles. The average molecular weight is 361 g/mol. The Kier molecular flexibility index (Phi) is 10.1.